The maximum absolute atomic E-state index is 9.30. The Morgan fingerprint density at radius 2 is 1.58 bits per heavy atom. The number of hydrogen-bond donors (Lipinski definition) is 1. The van der Waals surface area contributed by atoms with E-state index in [4.69, 9.17) is 13.6 Å². The summed E-state index contributed by atoms with van der Waals surface area (Å²) in [7, 11) is -2.66. The predicted molar refractivity (Wildman–Crippen MR) is 80.1 cm³/mol. The van der Waals surface area contributed by atoms with E-state index < -0.39 is 7.94 Å². The van der Waals surface area contributed by atoms with Gasteiger partial charge in [0.25, 0.3) is 0 Å². The van der Waals surface area contributed by atoms with E-state index >= 15 is 0 Å². The molecule has 4 nitrogen and oxygen atoms in total. The first-order valence-corrected chi connectivity index (χ1v) is 8.85. The Morgan fingerprint density at radius 3 is 2.05 bits per heavy atom. The molecule has 0 radical (unpaired) electrons. The minimum absolute atomic E-state index is 0.223. The van der Waals surface area contributed by atoms with E-state index in [0.29, 0.717) is 19.0 Å². The fourth-order valence-corrected chi connectivity index (χ4v) is 4.58. The summed E-state index contributed by atoms with van der Waals surface area (Å²) in [5, 5.41) is 9.30. The number of phenolic OH excluding ortho intramolecular Hbond substituents is 1. The summed E-state index contributed by atoms with van der Waals surface area (Å²) < 4.78 is 17.7. The van der Waals surface area contributed by atoms with E-state index in [2.05, 4.69) is 6.92 Å². The zero-order chi connectivity index (χ0) is 14.1. The van der Waals surface area contributed by atoms with Crippen molar-refractivity contribution in [3.8, 4) is 11.5 Å². The van der Waals surface area contributed by atoms with E-state index in [9.17, 15) is 5.11 Å². The molecule has 0 saturated heterocycles. The Balaban J connectivity index is 2.83. The molecular formula is C14H25O4P. The number of benzene rings is 1. The van der Waals surface area contributed by atoms with E-state index in [-0.39, 0.29) is 5.75 Å². The number of rotatable bonds is 9. The van der Waals surface area contributed by atoms with Crippen LogP contribution in [0.15, 0.2) is 24.3 Å². The summed E-state index contributed by atoms with van der Waals surface area (Å²) in [5.74, 6) is 0.906. The number of aromatic hydroxyl groups is 1. The van der Waals surface area contributed by atoms with Crippen molar-refractivity contribution in [2.24, 2.45) is 0 Å². The molecule has 0 saturated carbocycles. The Labute approximate surface area is 116 Å². The summed E-state index contributed by atoms with van der Waals surface area (Å²) in [5.41, 5.74) is 0. The normalized spacial score (nSPS) is 12.4. The molecule has 0 amide bonds. The zero-order valence-electron chi connectivity index (χ0n) is 12.0. The van der Waals surface area contributed by atoms with Gasteiger partial charge in [0.1, 0.15) is 0 Å². The van der Waals surface area contributed by atoms with Gasteiger partial charge < -0.3 is 0 Å². The van der Waals surface area contributed by atoms with Crippen LogP contribution in [0.3, 0.4) is 0 Å². The van der Waals surface area contributed by atoms with Crippen LogP contribution in [0.25, 0.3) is 0 Å². The third-order valence-corrected chi connectivity index (χ3v) is 5.64. The summed E-state index contributed by atoms with van der Waals surface area (Å²) >= 11 is 0. The standard InChI is InChI=1S/C14H25O4P/c1-4-7-12-19(16-5-2,17-6-3)18-14-10-8-13(15)9-11-14/h8-11,15,19H,4-7,12H2,1-3H3. The summed E-state index contributed by atoms with van der Waals surface area (Å²) in [6, 6.07) is 6.68. The van der Waals surface area contributed by atoms with Crippen LogP contribution < -0.4 is 4.52 Å². The van der Waals surface area contributed by atoms with Gasteiger partial charge in [-0.25, -0.2) is 0 Å². The van der Waals surface area contributed by atoms with Crippen LogP contribution in [0.5, 0.6) is 11.5 Å². The molecule has 0 aliphatic heterocycles. The van der Waals surface area contributed by atoms with Gasteiger partial charge in [-0.2, -0.15) is 0 Å². The zero-order valence-corrected chi connectivity index (χ0v) is 13.0. The van der Waals surface area contributed by atoms with Gasteiger partial charge in [0, 0.05) is 0 Å². The molecule has 0 aliphatic carbocycles. The molecular weight excluding hydrogens is 263 g/mol. The van der Waals surface area contributed by atoms with Crippen LogP contribution in [-0.2, 0) is 9.05 Å². The molecule has 1 aromatic carbocycles. The second-order valence-corrected chi connectivity index (χ2v) is 6.90. The summed E-state index contributed by atoms with van der Waals surface area (Å²) in [4.78, 5) is 0. The minimum atomic E-state index is -2.66. The van der Waals surface area contributed by atoms with Crippen molar-refractivity contribution in [1.82, 2.24) is 0 Å². The molecule has 0 aliphatic rings. The van der Waals surface area contributed by atoms with E-state index in [1.165, 1.54) is 0 Å². The summed E-state index contributed by atoms with van der Waals surface area (Å²) in [6.45, 7) is 7.19. The van der Waals surface area contributed by atoms with Gasteiger partial charge in [0.2, 0.25) is 0 Å². The molecule has 0 unspecified atom stereocenters. The van der Waals surface area contributed by atoms with Gasteiger partial charge in [-0.05, 0) is 0 Å². The number of unbranched alkanes of at least 4 members (excludes halogenated alkanes) is 1. The van der Waals surface area contributed by atoms with Crippen LogP contribution in [0, 0.1) is 0 Å². The van der Waals surface area contributed by atoms with Gasteiger partial charge in [0.05, 0.1) is 0 Å². The second kappa shape index (κ2) is 8.36. The van der Waals surface area contributed by atoms with Crippen LogP contribution in [-0.4, -0.2) is 24.5 Å². The van der Waals surface area contributed by atoms with E-state index in [0.717, 1.165) is 19.0 Å². The quantitative estimate of drug-likeness (QED) is 0.694. The first-order valence-electron chi connectivity index (χ1n) is 6.91. The Bertz CT molecular complexity index is 347. The molecule has 1 N–H and O–H groups in total. The molecule has 0 spiro atoms. The second-order valence-electron chi connectivity index (χ2n) is 4.25. The molecule has 1 aromatic rings. The third kappa shape index (κ3) is 5.35. The van der Waals surface area contributed by atoms with Crippen molar-refractivity contribution < 1.29 is 18.7 Å². The fourth-order valence-electron chi connectivity index (χ4n) is 1.82. The topological polar surface area (TPSA) is 47.9 Å². The Kier molecular flexibility index (Phi) is 7.14. The van der Waals surface area contributed by atoms with Crippen LogP contribution in [0.2, 0.25) is 0 Å². The van der Waals surface area contributed by atoms with Gasteiger partial charge >= 0.3 is 115 Å². The molecule has 0 fully saturated rings. The molecule has 0 bridgehead atoms. The SMILES string of the molecule is CCCC[PH](OCC)(OCC)Oc1ccc(O)cc1. The molecule has 110 valence electrons. The van der Waals surface area contributed by atoms with Gasteiger partial charge in [-0.15, -0.1) is 0 Å². The van der Waals surface area contributed by atoms with Crippen LogP contribution in [0.1, 0.15) is 33.6 Å². The van der Waals surface area contributed by atoms with Crippen LogP contribution >= 0.6 is 7.94 Å². The Hall–Kier alpha value is -0.830. The monoisotopic (exact) mass is 288 g/mol. The average Bonchev–Trinajstić information content (AvgIpc) is 2.40. The van der Waals surface area contributed by atoms with Crippen molar-refractivity contribution >= 4 is 7.94 Å². The number of phenols is 1. The molecule has 5 heteroatoms. The number of hydrogen-bond acceptors (Lipinski definition) is 4. The van der Waals surface area contributed by atoms with Gasteiger partial charge in [0.15, 0.2) is 0 Å². The van der Waals surface area contributed by atoms with Gasteiger partial charge in [-0.1, -0.05) is 0 Å². The molecule has 0 heterocycles. The van der Waals surface area contributed by atoms with Crippen molar-refractivity contribution in [3.63, 3.8) is 0 Å². The average molecular weight is 288 g/mol. The van der Waals surface area contributed by atoms with Crippen molar-refractivity contribution in [1.29, 1.82) is 0 Å². The molecule has 19 heavy (non-hydrogen) atoms. The first-order chi connectivity index (χ1) is 9.15. The van der Waals surface area contributed by atoms with E-state index in [1.807, 2.05) is 13.8 Å². The van der Waals surface area contributed by atoms with Gasteiger partial charge in [-0.3, -0.25) is 0 Å². The summed E-state index contributed by atoms with van der Waals surface area (Å²) in [6.07, 6.45) is 2.91. The molecule has 0 atom stereocenters. The molecule has 1 rings (SSSR count). The van der Waals surface area contributed by atoms with Crippen molar-refractivity contribution in [2.75, 3.05) is 19.4 Å². The van der Waals surface area contributed by atoms with Crippen molar-refractivity contribution in [3.05, 3.63) is 24.3 Å². The van der Waals surface area contributed by atoms with E-state index in [1.54, 1.807) is 24.3 Å². The first kappa shape index (κ1) is 16.2. The predicted octanol–water partition coefficient (Wildman–Crippen LogP) is 4.14. The molecule has 0 aromatic heterocycles. The van der Waals surface area contributed by atoms with Crippen LogP contribution in [0.4, 0.5) is 0 Å². The Morgan fingerprint density at radius 1 is 1.00 bits per heavy atom. The van der Waals surface area contributed by atoms with Crippen molar-refractivity contribution in [2.45, 2.75) is 33.6 Å². The third-order valence-electron chi connectivity index (χ3n) is 2.68. The fraction of sp³-hybridized carbons (Fsp3) is 0.571. The maximum atomic E-state index is 9.30.